The van der Waals surface area contributed by atoms with Crippen LogP contribution < -0.4 is 0 Å². The topological polar surface area (TPSA) is 30.2 Å². The lowest BCUT2D eigenvalue weighted by Crippen LogP contribution is -1.93. The Labute approximate surface area is 203 Å². The molecule has 0 aliphatic rings. The average Bonchev–Trinajstić information content (AvgIpc) is 3.38. The Morgan fingerprint density at radius 2 is 1.17 bits per heavy atom. The van der Waals surface area contributed by atoms with Gasteiger partial charge in [-0.25, -0.2) is 9.97 Å². The molecular formula is C32H21N3. The molecule has 3 heterocycles. The summed E-state index contributed by atoms with van der Waals surface area (Å²) in [5.41, 5.74) is 8.42. The van der Waals surface area contributed by atoms with Crippen molar-refractivity contribution in [2.24, 2.45) is 0 Å². The SMILES string of the molecule is c1ccc(-c2ccc3nc(-c4ccccc4)c4ccn5cc(-c6ccccc6)nc5c4c3c2)cc1. The van der Waals surface area contributed by atoms with Gasteiger partial charge in [0.05, 0.1) is 16.9 Å². The predicted molar refractivity (Wildman–Crippen MR) is 144 cm³/mol. The first-order valence-corrected chi connectivity index (χ1v) is 11.8. The van der Waals surface area contributed by atoms with Gasteiger partial charge in [0.25, 0.3) is 0 Å². The third-order valence-corrected chi connectivity index (χ3v) is 6.60. The number of fused-ring (bicyclic) bond motifs is 5. The van der Waals surface area contributed by atoms with Gasteiger partial charge in [-0.05, 0) is 29.3 Å². The van der Waals surface area contributed by atoms with Crippen LogP contribution in [-0.4, -0.2) is 14.4 Å². The molecule has 0 atom stereocenters. The van der Waals surface area contributed by atoms with Crippen molar-refractivity contribution in [3.63, 3.8) is 0 Å². The summed E-state index contributed by atoms with van der Waals surface area (Å²) in [6.07, 6.45) is 4.21. The number of nitrogens with zero attached hydrogens (tertiary/aromatic N) is 3. The molecule has 4 aromatic carbocycles. The van der Waals surface area contributed by atoms with Crippen LogP contribution >= 0.6 is 0 Å². The summed E-state index contributed by atoms with van der Waals surface area (Å²) in [5.74, 6) is 0. The van der Waals surface area contributed by atoms with Crippen LogP contribution in [0.4, 0.5) is 0 Å². The normalized spacial score (nSPS) is 11.4. The van der Waals surface area contributed by atoms with Gasteiger partial charge in [-0.2, -0.15) is 0 Å². The van der Waals surface area contributed by atoms with Crippen LogP contribution in [0.25, 0.3) is 61.0 Å². The van der Waals surface area contributed by atoms with E-state index in [-0.39, 0.29) is 0 Å². The third kappa shape index (κ3) is 3.29. The molecule has 3 nitrogen and oxygen atoms in total. The maximum atomic E-state index is 5.14. The van der Waals surface area contributed by atoms with Gasteiger partial charge in [0.1, 0.15) is 5.65 Å². The van der Waals surface area contributed by atoms with Crippen LogP contribution in [0.2, 0.25) is 0 Å². The molecule has 3 aromatic heterocycles. The van der Waals surface area contributed by atoms with Crippen molar-refractivity contribution in [3.8, 4) is 33.6 Å². The second-order valence-corrected chi connectivity index (χ2v) is 8.75. The summed E-state index contributed by atoms with van der Waals surface area (Å²) < 4.78 is 2.13. The fourth-order valence-electron chi connectivity index (χ4n) is 4.90. The number of hydrogen-bond donors (Lipinski definition) is 0. The Balaban J connectivity index is 1.60. The minimum atomic E-state index is 0.941. The molecule has 0 N–H and O–H groups in total. The summed E-state index contributed by atoms with van der Waals surface area (Å²) in [6, 6.07) is 40.0. The summed E-state index contributed by atoms with van der Waals surface area (Å²) in [7, 11) is 0. The summed E-state index contributed by atoms with van der Waals surface area (Å²) in [4.78, 5) is 10.3. The molecule has 0 spiro atoms. The largest absolute Gasteiger partial charge is 0.306 e. The molecule has 0 amide bonds. The van der Waals surface area contributed by atoms with Crippen LogP contribution in [0.1, 0.15) is 0 Å². The van der Waals surface area contributed by atoms with Gasteiger partial charge < -0.3 is 4.40 Å². The van der Waals surface area contributed by atoms with E-state index in [1.807, 2.05) is 18.2 Å². The van der Waals surface area contributed by atoms with Gasteiger partial charge in [-0.15, -0.1) is 0 Å². The highest BCUT2D eigenvalue weighted by molar-refractivity contribution is 6.17. The number of aromatic nitrogens is 3. The van der Waals surface area contributed by atoms with Crippen LogP contribution in [-0.2, 0) is 0 Å². The van der Waals surface area contributed by atoms with Crippen LogP contribution in [0.15, 0.2) is 128 Å². The first-order chi connectivity index (χ1) is 17.3. The fraction of sp³-hybridized carbons (Fsp3) is 0. The van der Waals surface area contributed by atoms with E-state index in [1.165, 1.54) is 11.1 Å². The Morgan fingerprint density at radius 1 is 0.514 bits per heavy atom. The van der Waals surface area contributed by atoms with E-state index in [0.717, 1.165) is 49.8 Å². The van der Waals surface area contributed by atoms with Gasteiger partial charge >= 0.3 is 0 Å². The van der Waals surface area contributed by atoms with E-state index >= 15 is 0 Å². The molecule has 0 radical (unpaired) electrons. The molecular weight excluding hydrogens is 426 g/mol. The molecule has 0 fully saturated rings. The van der Waals surface area contributed by atoms with Crippen LogP contribution in [0, 0.1) is 0 Å². The number of benzene rings is 4. The molecule has 3 heteroatoms. The zero-order chi connectivity index (χ0) is 23.2. The van der Waals surface area contributed by atoms with Crippen molar-refractivity contribution >= 4 is 27.3 Å². The van der Waals surface area contributed by atoms with Crippen LogP contribution in [0.5, 0.6) is 0 Å². The Bertz CT molecular complexity index is 1820. The number of rotatable bonds is 3. The predicted octanol–water partition coefficient (Wildman–Crippen LogP) is 8.04. The zero-order valence-corrected chi connectivity index (χ0v) is 19.0. The Morgan fingerprint density at radius 3 is 1.89 bits per heavy atom. The first-order valence-electron chi connectivity index (χ1n) is 11.8. The van der Waals surface area contributed by atoms with Gasteiger partial charge in [0.15, 0.2) is 0 Å². The quantitative estimate of drug-likeness (QED) is 0.257. The van der Waals surface area contributed by atoms with Gasteiger partial charge in [-0.1, -0.05) is 97.1 Å². The highest BCUT2D eigenvalue weighted by Gasteiger charge is 2.16. The molecule has 164 valence electrons. The second-order valence-electron chi connectivity index (χ2n) is 8.75. The zero-order valence-electron chi connectivity index (χ0n) is 19.0. The molecule has 0 aliphatic heterocycles. The van der Waals surface area contributed by atoms with Crippen molar-refractivity contribution in [2.75, 3.05) is 0 Å². The van der Waals surface area contributed by atoms with Crippen molar-refractivity contribution in [2.45, 2.75) is 0 Å². The molecule has 7 aromatic rings. The maximum Gasteiger partial charge on any atom is 0.146 e. The van der Waals surface area contributed by atoms with E-state index in [0.29, 0.717) is 0 Å². The summed E-state index contributed by atoms with van der Waals surface area (Å²) in [6.45, 7) is 0. The average molecular weight is 448 g/mol. The minimum absolute atomic E-state index is 0.941. The Kier molecular flexibility index (Phi) is 4.46. The standard InChI is InChI=1S/C32H21N3/c1-4-10-22(11-5-1)25-16-17-28-27(20-25)30-26(31(33-28)24-14-8-3-9-15-24)18-19-35-21-29(34-32(30)35)23-12-6-2-7-13-23/h1-21H. The van der Waals surface area contributed by atoms with E-state index < -0.39 is 0 Å². The minimum Gasteiger partial charge on any atom is -0.306 e. The molecule has 0 aliphatic carbocycles. The molecule has 35 heavy (non-hydrogen) atoms. The number of imidazole rings is 1. The van der Waals surface area contributed by atoms with Crippen molar-refractivity contribution in [1.82, 2.24) is 14.4 Å². The lowest BCUT2D eigenvalue weighted by atomic mass is 9.98. The van der Waals surface area contributed by atoms with E-state index in [4.69, 9.17) is 9.97 Å². The Hall–Kier alpha value is -4.76. The summed E-state index contributed by atoms with van der Waals surface area (Å²) >= 11 is 0. The van der Waals surface area contributed by atoms with Crippen LogP contribution in [0.3, 0.4) is 0 Å². The monoisotopic (exact) mass is 447 g/mol. The van der Waals surface area contributed by atoms with Crippen molar-refractivity contribution in [3.05, 3.63) is 128 Å². The van der Waals surface area contributed by atoms with Crippen molar-refractivity contribution in [1.29, 1.82) is 0 Å². The van der Waals surface area contributed by atoms with E-state index in [1.54, 1.807) is 0 Å². The third-order valence-electron chi connectivity index (χ3n) is 6.60. The van der Waals surface area contributed by atoms with Gasteiger partial charge in [-0.3, -0.25) is 0 Å². The number of hydrogen-bond acceptors (Lipinski definition) is 2. The smallest absolute Gasteiger partial charge is 0.146 e. The highest BCUT2D eigenvalue weighted by Crippen LogP contribution is 2.37. The second kappa shape index (κ2) is 7.93. The molecule has 0 unspecified atom stereocenters. The lowest BCUT2D eigenvalue weighted by Gasteiger charge is -2.12. The molecule has 0 bridgehead atoms. The van der Waals surface area contributed by atoms with Gasteiger partial charge in [0.2, 0.25) is 0 Å². The lowest BCUT2D eigenvalue weighted by molar-refractivity contribution is 1.20. The van der Waals surface area contributed by atoms with Gasteiger partial charge in [0, 0.05) is 39.7 Å². The number of pyridine rings is 2. The fourth-order valence-corrected chi connectivity index (χ4v) is 4.90. The highest BCUT2D eigenvalue weighted by atomic mass is 15.0. The molecule has 0 saturated carbocycles. The molecule has 0 saturated heterocycles. The van der Waals surface area contributed by atoms with E-state index in [9.17, 15) is 0 Å². The summed E-state index contributed by atoms with van der Waals surface area (Å²) in [5, 5.41) is 3.33. The van der Waals surface area contributed by atoms with E-state index in [2.05, 4.69) is 114 Å². The first kappa shape index (κ1) is 19.7. The molecule has 7 rings (SSSR count). The van der Waals surface area contributed by atoms with Crippen molar-refractivity contribution < 1.29 is 0 Å². The maximum absolute atomic E-state index is 5.14.